The fourth-order valence-corrected chi connectivity index (χ4v) is 6.48. The fraction of sp³-hybridized carbons (Fsp3) is 0.235. The quantitative estimate of drug-likeness (QED) is 0.0472. The summed E-state index contributed by atoms with van der Waals surface area (Å²) in [6, 6.07) is 11.2. The Labute approximate surface area is 353 Å². The number of nitro groups is 2. The maximum absolute atomic E-state index is 11.8. The average Bonchev–Trinajstić information content (AvgIpc) is 3.10. The molecule has 0 amide bonds. The minimum Gasteiger partial charge on any atom is -0.489 e. The van der Waals surface area contributed by atoms with Gasteiger partial charge in [0.25, 0.3) is 11.8 Å². The van der Waals surface area contributed by atoms with Crippen LogP contribution in [0, 0.1) is 20.2 Å². The van der Waals surface area contributed by atoms with E-state index in [9.17, 15) is 20.2 Å². The summed E-state index contributed by atoms with van der Waals surface area (Å²) in [6.07, 6.45) is 3.59. The van der Waals surface area contributed by atoms with Crippen molar-refractivity contribution in [2.24, 2.45) is 0 Å². The number of pyridine rings is 2. The molecule has 0 aliphatic carbocycles. The first-order valence-corrected chi connectivity index (χ1v) is 18.6. The predicted molar refractivity (Wildman–Crippen MR) is 212 cm³/mol. The van der Waals surface area contributed by atoms with Gasteiger partial charge in [0, 0.05) is 48.5 Å². The van der Waals surface area contributed by atoms with Crippen LogP contribution in [0.1, 0.15) is 36.2 Å². The van der Waals surface area contributed by atoms with Crippen molar-refractivity contribution in [1.29, 1.82) is 0 Å². The van der Waals surface area contributed by atoms with E-state index >= 15 is 0 Å². The van der Waals surface area contributed by atoms with Crippen LogP contribution in [0.5, 0.6) is 23.3 Å². The molecule has 292 valence electrons. The maximum atomic E-state index is 11.8. The zero-order valence-electron chi connectivity index (χ0n) is 27.8. The van der Waals surface area contributed by atoms with E-state index in [-0.39, 0.29) is 103 Å². The molecule has 21 heteroatoms. The third kappa shape index (κ3) is 13.3. The third-order valence-electron chi connectivity index (χ3n) is 7.18. The Hall–Kier alpha value is -3.50. The Morgan fingerprint density at radius 1 is 0.655 bits per heavy atom. The molecule has 4 rings (SSSR count). The number of nitrogens with zero attached hydrogens (tertiary/aromatic N) is 4. The van der Waals surface area contributed by atoms with Crippen molar-refractivity contribution in [2.75, 3.05) is 26.4 Å². The number of aromatic nitrogens is 2. The lowest BCUT2D eigenvalue weighted by molar-refractivity contribution is -0.386. The highest BCUT2D eigenvalue weighted by Gasteiger charge is 2.28. The highest BCUT2D eigenvalue weighted by atomic mass is 35.5. The Bertz CT molecular complexity index is 1860. The molecule has 0 saturated heterocycles. The van der Waals surface area contributed by atoms with E-state index in [2.05, 4.69) is 9.97 Å². The summed E-state index contributed by atoms with van der Waals surface area (Å²) in [4.78, 5) is 30.3. The molecule has 2 atom stereocenters. The molecule has 0 fully saturated rings. The van der Waals surface area contributed by atoms with Crippen LogP contribution >= 0.6 is 92.8 Å². The van der Waals surface area contributed by atoms with Gasteiger partial charge in [-0.3, -0.25) is 20.2 Å². The second-order valence-corrected chi connectivity index (χ2v) is 14.4. The van der Waals surface area contributed by atoms with Crippen LogP contribution in [0.2, 0.25) is 20.1 Å². The van der Waals surface area contributed by atoms with Gasteiger partial charge in [-0.2, -0.15) is 0 Å². The Morgan fingerprint density at radius 2 is 1.02 bits per heavy atom. The minimum absolute atomic E-state index is 0.00618. The zero-order valence-corrected chi connectivity index (χ0v) is 33.9. The van der Waals surface area contributed by atoms with Crippen LogP contribution in [0.25, 0.3) is 0 Å². The first-order valence-electron chi connectivity index (χ1n) is 15.6. The Balaban J connectivity index is 1.57. The molecule has 2 heterocycles. The average molecular weight is 918 g/mol. The summed E-state index contributed by atoms with van der Waals surface area (Å²) >= 11 is 49.2. The Kier molecular flexibility index (Phi) is 17.5. The number of rotatable bonds is 20. The van der Waals surface area contributed by atoms with Gasteiger partial charge in [-0.1, -0.05) is 92.8 Å². The number of ether oxygens (including phenoxy) is 5. The van der Waals surface area contributed by atoms with Crippen molar-refractivity contribution < 1.29 is 33.5 Å². The summed E-state index contributed by atoms with van der Waals surface area (Å²) in [5, 5.41) is 24.0. The predicted octanol–water partition coefficient (Wildman–Crippen LogP) is 12.0. The second-order valence-electron chi connectivity index (χ2n) is 10.8. The zero-order chi connectivity index (χ0) is 40.1. The lowest BCUT2D eigenvalue weighted by Gasteiger charge is -2.23. The van der Waals surface area contributed by atoms with Gasteiger partial charge in [-0.15, -0.1) is 0 Å². The van der Waals surface area contributed by atoms with Gasteiger partial charge in [-0.05, 0) is 48.6 Å². The molecule has 2 aromatic carbocycles. The molecule has 2 unspecified atom stereocenters. The minimum atomic E-state index is -1.01. The van der Waals surface area contributed by atoms with Crippen molar-refractivity contribution >= 4 is 104 Å². The standard InChI is InChI=1S/C34H26Cl8N4O9/c35-21-15-19(52-13-7-29(39)40)16-22(36)31(21)27(54-33-25(45(47)48)3-1-9-43-33)5-11-51-12-6-28(55-34-26(46(49)50)4-2-10-44-34)32-23(37)17-20(18-24(32)38)53-14-8-30(41)42/h1-4,7-10,15-18,27-28H,5-6,11-14H2. The van der Waals surface area contributed by atoms with E-state index in [4.69, 9.17) is 116 Å². The Morgan fingerprint density at radius 3 is 1.35 bits per heavy atom. The first kappa shape index (κ1) is 44.2. The van der Waals surface area contributed by atoms with E-state index in [1.165, 1.54) is 73.1 Å². The van der Waals surface area contributed by atoms with E-state index in [0.717, 1.165) is 0 Å². The van der Waals surface area contributed by atoms with Crippen molar-refractivity contribution in [2.45, 2.75) is 25.0 Å². The third-order valence-corrected chi connectivity index (χ3v) is 9.04. The molecule has 0 bridgehead atoms. The SMILES string of the molecule is O=[N+]([O-])c1cccnc1OC(CCOCCC(Oc1ncccc1[N+](=O)[O-])c1c(Cl)cc(OCC=C(Cl)Cl)cc1Cl)c1c(Cl)cc(OCC=C(Cl)Cl)cc1Cl. The molecule has 0 aliphatic heterocycles. The van der Waals surface area contributed by atoms with E-state index < -0.39 is 33.4 Å². The van der Waals surface area contributed by atoms with Gasteiger partial charge in [-0.25, -0.2) is 9.97 Å². The van der Waals surface area contributed by atoms with Gasteiger partial charge in [0.05, 0.1) is 43.2 Å². The molecule has 4 aromatic rings. The lowest BCUT2D eigenvalue weighted by atomic mass is 10.1. The monoisotopic (exact) mass is 914 g/mol. The fourth-order valence-electron chi connectivity index (χ4n) is 4.81. The normalized spacial score (nSPS) is 11.9. The van der Waals surface area contributed by atoms with Crippen LogP contribution in [0.4, 0.5) is 11.4 Å². The largest absolute Gasteiger partial charge is 0.489 e. The van der Waals surface area contributed by atoms with E-state index in [0.29, 0.717) is 0 Å². The lowest BCUT2D eigenvalue weighted by Crippen LogP contribution is -2.16. The topological polar surface area (TPSA) is 158 Å². The van der Waals surface area contributed by atoms with Gasteiger partial charge in [0.2, 0.25) is 0 Å². The number of benzene rings is 2. The molecule has 0 saturated carbocycles. The highest BCUT2D eigenvalue weighted by molar-refractivity contribution is 6.56. The summed E-state index contributed by atoms with van der Waals surface area (Å²) in [5.74, 6) is 0.0125. The maximum Gasteiger partial charge on any atom is 0.330 e. The molecule has 2 aromatic heterocycles. The molecule has 0 radical (unpaired) electrons. The molecular formula is C34H26Cl8N4O9. The summed E-state index contributed by atoms with van der Waals surface area (Å²) < 4.78 is 29.3. The number of hydrogen-bond acceptors (Lipinski definition) is 11. The van der Waals surface area contributed by atoms with Crippen LogP contribution in [-0.2, 0) is 4.74 Å². The van der Waals surface area contributed by atoms with Gasteiger partial charge < -0.3 is 23.7 Å². The van der Waals surface area contributed by atoms with Crippen molar-refractivity contribution in [3.05, 3.63) is 134 Å². The van der Waals surface area contributed by atoms with Crippen LogP contribution in [-0.4, -0.2) is 46.2 Å². The second kappa shape index (κ2) is 21.7. The number of halogens is 8. The first-order chi connectivity index (χ1) is 26.2. The summed E-state index contributed by atoms with van der Waals surface area (Å²) in [7, 11) is 0. The number of hydrogen-bond donors (Lipinski definition) is 0. The summed E-state index contributed by atoms with van der Waals surface area (Å²) in [5.41, 5.74) is -0.228. The van der Waals surface area contributed by atoms with Crippen LogP contribution in [0.3, 0.4) is 0 Å². The van der Waals surface area contributed by atoms with Gasteiger partial charge in [0.15, 0.2) is 0 Å². The van der Waals surface area contributed by atoms with Crippen molar-refractivity contribution in [1.82, 2.24) is 9.97 Å². The van der Waals surface area contributed by atoms with Gasteiger partial charge >= 0.3 is 11.4 Å². The molecule has 55 heavy (non-hydrogen) atoms. The summed E-state index contributed by atoms with van der Waals surface area (Å²) in [6.45, 7) is 0.0139. The molecule has 0 spiro atoms. The molecule has 0 aliphatic rings. The molecule has 0 N–H and O–H groups in total. The van der Waals surface area contributed by atoms with Gasteiger partial charge in [0.1, 0.15) is 45.9 Å². The van der Waals surface area contributed by atoms with E-state index in [1.807, 2.05) is 0 Å². The highest BCUT2D eigenvalue weighted by Crippen LogP contribution is 2.41. The van der Waals surface area contributed by atoms with E-state index in [1.54, 1.807) is 0 Å². The molecular weight excluding hydrogens is 892 g/mol. The molecule has 13 nitrogen and oxygen atoms in total. The van der Waals surface area contributed by atoms with Crippen LogP contribution in [0.15, 0.2) is 82.1 Å². The smallest absolute Gasteiger partial charge is 0.330 e. The van der Waals surface area contributed by atoms with Crippen molar-refractivity contribution in [3.8, 4) is 23.3 Å². The van der Waals surface area contributed by atoms with Crippen molar-refractivity contribution in [3.63, 3.8) is 0 Å². The van der Waals surface area contributed by atoms with Crippen LogP contribution < -0.4 is 18.9 Å².